The normalized spacial score (nSPS) is 12.6. The Morgan fingerprint density at radius 3 is 2.77 bits per heavy atom. The molecule has 0 aliphatic heterocycles. The third kappa shape index (κ3) is 6.35. The number of hydrogen-bond acceptors (Lipinski definition) is 4. The Kier molecular flexibility index (Phi) is 8.92. The SMILES string of the molecule is C=C/C=C\N=C(C)c1cc(F)ccc1C(=O)N(CC)C(C)COc1ccc(Br)cn1. The standard InChI is InChI=1S/C23H25BrFN3O2/c1-5-7-12-26-17(4)21-13-19(25)9-10-20(21)23(29)28(6-2)16(3)15-30-22-11-8-18(24)14-27-22/h5,7-14,16H,1,6,15H2,2-4H3/b12-7-,26-17?. The molecule has 5 nitrogen and oxygen atoms in total. The van der Waals surface area contributed by atoms with Crippen molar-refractivity contribution in [3.8, 4) is 5.88 Å². The molecule has 0 aliphatic carbocycles. The fraction of sp³-hybridized carbons (Fsp3) is 0.261. The highest BCUT2D eigenvalue weighted by Gasteiger charge is 2.24. The quantitative estimate of drug-likeness (QED) is 0.360. The van der Waals surface area contributed by atoms with Crippen molar-refractivity contribution in [2.45, 2.75) is 26.8 Å². The summed E-state index contributed by atoms with van der Waals surface area (Å²) >= 11 is 3.33. The average Bonchev–Trinajstić information content (AvgIpc) is 2.73. The van der Waals surface area contributed by atoms with E-state index in [9.17, 15) is 9.18 Å². The molecular weight excluding hydrogens is 449 g/mol. The molecule has 2 aromatic rings. The van der Waals surface area contributed by atoms with Gasteiger partial charge in [-0.1, -0.05) is 12.7 Å². The number of aliphatic imine (C=N–C) groups is 1. The lowest BCUT2D eigenvalue weighted by Crippen LogP contribution is -2.42. The second kappa shape index (κ2) is 11.4. The van der Waals surface area contributed by atoms with Crippen molar-refractivity contribution >= 4 is 27.5 Å². The van der Waals surface area contributed by atoms with Gasteiger partial charge in [-0.15, -0.1) is 0 Å². The van der Waals surface area contributed by atoms with E-state index in [-0.39, 0.29) is 18.6 Å². The lowest BCUT2D eigenvalue weighted by atomic mass is 10.0. The molecule has 0 bridgehead atoms. The molecule has 0 spiro atoms. The van der Waals surface area contributed by atoms with E-state index in [1.54, 1.807) is 42.4 Å². The number of aromatic nitrogens is 1. The zero-order valence-electron chi connectivity index (χ0n) is 17.3. The second-order valence-electron chi connectivity index (χ2n) is 6.55. The van der Waals surface area contributed by atoms with Gasteiger partial charge in [-0.3, -0.25) is 9.79 Å². The van der Waals surface area contributed by atoms with Gasteiger partial charge >= 0.3 is 0 Å². The molecule has 0 radical (unpaired) electrons. The summed E-state index contributed by atoms with van der Waals surface area (Å²) in [4.78, 5) is 23.4. The van der Waals surface area contributed by atoms with E-state index in [2.05, 4.69) is 32.5 Å². The first-order chi connectivity index (χ1) is 14.4. The molecule has 1 amide bonds. The summed E-state index contributed by atoms with van der Waals surface area (Å²) in [5.41, 5.74) is 1.38. The van der Waals surface area contributed by atoms with E-state index in [0.717, 1.165) is 4.47 Å². The highest BCUT2D eigenvalue weighted by molar-refractivity contribution is 9.10. The molecule has 0 saturated carbocycles. The van der Waals surface area contributed by atoms with Gasteiger partial charge in [0.05, 0.1) is 6.04 Å². The van der Waals surface area contributed by atoms with Crippen LogP contribution in [0.2, 0.25) is 0 Å². The molecule has 0 fully saturated rings. The summed E-state index contributed by atoms with van der Waals surface area (Å²) in [5.74, 6) is -0.160. The minimum absolute atomic E-state index is 0.213. The fourth-order valence-electron chi connectivity index (χ4n) is 2.84. The number of likely N-dealkylation sites (N-methyl/N-ethyl adjacent to an activating group) is 1. The van der Waals surface area contributed by atoms with Gasteiger partial charge in [0.25, 0.3) is 5.91 Å². The number of allylic oxidation sites excluding steroid dienone is 2. The average molecular weight is 474 g/mol. The number of ether oxygens (including phenoxy) is 1. The molecule has 1 aromatic heterocycles. The molecule has 1 atom stereocenters. The molecule has 1 aromatic carbocycles. The van der Waals surface area contributed by atoms with Crippen LogP contribution in [-0.2, 0) is 0 Å². The summed E-state index contributed by atoms with van der Waals surface area (Å²) in [6.45, 7) is 9.87. The molecule has 2 rings (SSSR count). The third-order valence-electron chi connectivity index (χ3n) is 4.40. The number of halogens is 2. The van der Waals surface area contributed by atoms with E-state index in [0.29, 0.717) is 29.3 Å². The predicted molar refractivity (Wildman–Crippen MR) is 122 cm³/mol. The number of benzene rings is 1. The first kappa shape index (κ1) is 23.5. The van der Waals surface area contributed by atoms with Crippen molar-refractivity contribution in [1.29, 1.82) is 0 Å². The summed E-state index contributed by atoms with van der Waals surface area (Å²) in [7, 11) is 0. The van der Waals surface area contributed by atoms with Gasteiger partial charge in [-0.2, -0.15) is 0 Å². The maximum Gasteiger partial charge on any atom is 0.254 e. The van der Waals surface area contributed by atoms with Gasteiger partial charge in [0.15, 0.2) is 0 Å². The monoisotopic (exact) mass is 473 g/mol. The molecule has 7 heteroatoms. The maximum absolute atomic E-state index is 13.9. The van der Waals surface area contributed by atoms with Crippen LogP contribution in [0.25, 0.3) is 0 Å². The lowest BCUT2D eigenvalue weighted by molar-refractivity contribution is 0.0646. The highest BCUT2D eigenvalue weighted by Crippen LogP contribution is 2.18. The molecule has 1 heterocycles. The zero-order valence-corrected chi connectivity index (χ0v) is 18.9. The molecule has 0 aliphatic rings. The van der Waals surface area contributed by atoms with Crippen LogP contribution in [0.15, 0.2) is 70.9 Å². The fourth-order valence-corrected chi connectivity index (χ4v) is 3.08. The Morgan fingerprint density at radius 2 is 2.13 bits per heavy atom. The smallest absolute Gasteiger partial charge is 0.254 e. The first-order valence-electron chi connectivity index (χ1n) is 9.54. The van der Waals surface area contributed by atoms with E-state index < -0.39 is 5.82 Å². The maximum atomic E-state index is 13.9. The van der Waals surface area contributed by atoms with Crippen molar-refractivity contribution in [3.63, 3.8) is 0 Å². The van der Waals surface area contributed by atoms with E-state index >= 15 is 0 Å². The number of hydrogen-bond donors (Lipinski definition) is 0. The Balaban J connectivity index is 2.23. The van der Waals surface area contributed by atoms with Crippen LogP contribution in [-0.4, -0.2) is 40.7 Å². The summed E-state index contributed by atoms with van der Waals surface area (Å²) < 4.78 is 20.5. The molecule has 30 heavy (non-hydrogen) atoms. The van der Waals surface area contributed by atoms with Gasteiger partial charge in [0.2, 0.25) is 5.88 Å². The third-order valence-corrected chi connectivity index (χ3v) is 4.87. The molecule has 158 valence electrons. The number of nitrogens with zero attached hydrogens (tertiary/aromatic N) is 3. The van der Waals surface area contributed by atoms with Crippen molar-refractivity contribution < 1.29 is 13.9 Å². The van der Waals surface area contributed by atoms with E-state index in [1.165, 1.54) is 18.2 Å². The van der Waals surface area contributed by atoms with Crippen molar-refractivity contribution in [1.82, 2.24) is 9.88 Å². The zero-order chi connectivity index (χ0) is 22.1. The predicted octanol–water partition coefficient (Wildman–Crippen LogP) is 5.42. The second-order valence-corrected chi connectivity index (χ2v) is 7.46. The molecule has 1 unspecified atom stereocenters. The minimum Gasteiger partial charge on any atom is -0.475 e. The van der Waals surface area contributed by atoms with Crippen LogP contribution in [0.4, 0.5) is 4.39 Å². The number of pyridine rings is 1. The van der Waals surface area contributed by atoms with Crippen LogP contribution in [0.5, 0.6) is 5.88 Å². The van der Waals surface area contributed by atoms with Crippen molar-refractivity contribution in [3.05, 3.63) is 82.9 Å². The van der Waals surface area contributed by atoms with Gasteiger partial charge in [0, 0.05) is 46.3 Å². The molecular formula is C23H25BrFN3O2. The summed E-state index contributed by atoms with van der Waals surface area (Å²) in [6.07, 6.45) is 6.46. The number of carbonyl (C=O) groups is 1. The molecule has 0 N–H and O–H groups in total. The van der Waals surface area contributed by atoms with E-state index in [1.807, 2.05) is 19.9 Å². The number of amides is 1. The van der Waals surface area contributed by atoms with Crippen molar-refractivity contribution in [2.75, 3.05) is 13.2 Å². The Morgan fingerprint density at radius 1 is 1.37 bits per heavy atom. The summed E-state index contributed by atoms with van der Waals surface area (Å²) in [5, 5.41) is 0. The topological polar surface area (TPSA) is 54.8 Å². The highest BCUT2D eigenvalue weighted by atomic mass is 79.9. The number of rotatable bonds is 9. The lowest BCUT2D eigenvalue weighted by Gasteiger charge is -2.28. The Hall–Kier alpha value is -2.80. The largest absolute Gasteiger partial charge is 0.475 e. The number of carbonyl (C=O) groups excluding carboxylic acids is 1. The first-order valence-corrected chi connectivity index (χ1v) is 10.3. The minimum atomic E-state index is -0.426. The Bertz CT molecular complexity index is 942. The van der Waals surface area contributed by atoms with Gasteiger partial charge in [-0.25, -0.2) is 9.37 Å². The van der Waals surface area contributed by atoms with Gasteiger partial charge in [-0.05, 0) is 67.0 Å². The van der Waals surface area contributed by atoms with Crippen LogP contribution in [0.1, 0.15) is 36.7 Å². The van der Waals surface area contributed by atoms with Crippen LogP contribution in [0, 0.1) is 5.82 Å². The molecule has 0 saturated heterocycles. The summed E-state index contributed by atoms with van der Waals surface area (Å²) in [6, 6.07) is 7.48. The van der Waals surface area contributed by atoms with Crippen LogP contribution in [0.3, 0.4) is 0 Å². The van der Waals surface area contributed by atoms with Crippen LogP contribution < -0.4 is 4.74 Å². The van der Waals surface area contributed by atoms with Crippen LogP contribution >= 0.6 is 15.9 Å². The van der Waals surface area contributed by atoms with Gasteiger partial charge in [0.1, 0.15) is 12.4 Å². The van der Waals surface area contributed by atoms with E-state index in [4.69, 9.17) is 4.74 Å². The van der Waals surface area contributed by atoms with Crippen molar-refractivity contribution in [2.24, 2.45) is 4.99 Å². The Labute approximate surface area is 185 Å². The van der Waals surface area contributed by atoms with Gasteiger partial charge < -0.3 is 9.64 Å².